The Morgan fingerprint density at radius 1 is 1.00 bits per heavy atom. The summed E-state index contributed by atoms with van der Waals surface area (Å²) in [6.45, 7) is 2.37. The molecule has 0 aromatic heterocycles. The summed E-state index contributed by atoms with van der Waals surface area (Å²) in [5, 5.41) is 19.3. The molecule has 2 aliphatic rings. The number of alkyl halides is 3. The molecule has 3 amide bonds. The largest absolute Gasteiger partial charge is 0.490 e. The number of amides is 3. The molecule has 2 heterocycles. The fourth-order valence-corrected chi connectivity index (χ4v) is 3.56. The molecular weight excluding hydrogens is 487 g/mol. The summed E-state index contributed by atoms with van der Waals surface area (Å²) >= 11 is 0. The van der Waals surface area contributed by atoms with Crippen LogP contribution in [0.25, 0.3) is 0 Å². The second kappa shape index (κ2) is 10.1. The van der Waals surface area contributed by atoms with Crippen LogP contribution >= 0.6 is 0 Å². The monoisotopic (exact) mass is 507 g/mol. The third kappa shape index (κ3) is 5.62. The van der Waals surface area contributed by atoms with Gasteiger partial charge in [-0.15, -0.1) is 0 Å². The van der Waals surface area contributed by atoms with E-state index in [4.69, 9.17) is 15.0 Å². The summed E-state index contributed by atoms with van der Waals surface area (Å²) in [4.78, 5) is 59.6. The minimum atomic E-state index is -5.08. The normalized spacial score (nSPS) is 17.3. The molecule has 13 heteroatoms. The van der Waals surface area contributed by atoms with E-state index in [-0.39, 0.29) is 29.7 Å². The zero-order valence-corrected chi connectivity index (χ0v) is 18.7. The molecule has 36 heavy (non-hydrogen) atoms. The minimum absolute atomic E-state index is 0.00528. The van der Waals surface area contributed by atoms with Gasteiger partial charge in [0, 0.05) is 24.3 Å². The molecule has 2 aromatic carbocycles. The van der Waals surface area contributed by atoms with Crippen molar-refractivity contribution < 1.29 is 47.4 Å². The molecule has 0 aliphatic carbocycles. The topological polar surface area (TPSA) is 144 Å². The number of aryl methyl sites for hydroxylation is 1. The van der Waals surface area contributed by atoms with Crippen LogP contribution in [0.2, 0.25) is 0 Å². The van der Waals surface area contributed by atoms with Crippen molar-refractivity contribution in [2.45, 2.75) is 32.0 Å². The number of carbonyl (C=O) groups excluding carboxylic acids is 3. The number of nitrogens with zero attached hydrogens (tertiary/aromatic N) is 2. The van der Waals surface area contributed by atoms with Crippen LogP contribution in [0.5, 0.6) is 0 Å². The SMILES string of the molecule is Cc1cc(C(=O)O)ccc1N1C(=O)CC(Nc2ccc(N3CCC3=O)cc2)C1=O.O=C(O)C(F)(F)F. The van der Waals surface area contributed by atoms with Gasteiger partial charge >= 0.3 is 18.1 Å². The van der Waals surface area contributed by atoms with E-state index in [1.54, 1.807) is 36.1 Å². The average Bonchev–Trinajstić information content (AvgIpc) is 3.06. The number of halogens is 3. The minimum Gasteiger partial charge on any atom is -0.478 e. The van der Waals surface area contributed by atoms with Gasteiger partial charge in [0.2, 0.25) is 11.8 Å². The van der Waals surface area contributed by atoms with Gasteiger partial charge in [0.05, 0.1) is 17.7 Å². The molecule has 0 spiro atoms. The number of carbonyl (C=O) groups is 5. The molecule has 0 saturated carbocycles. The highest BCUT2D eigenvalue weighted by atomic mass is 19.4. The van der Waals surface area contributed by atoms with E-state index in [2.05, 4.69) is 5.32 Å². The number of imide groups is 1. The lowest BCUT2D eigenvalue weighted by Crippen LogP contribution is -2.43. The van der Waals surface area contributed by atoms with E-state index in [9.17, 15) is 32.3 Å². The van der Waals surface area contributed by atoms with Crippen molar-refractivity contribution >= 4 is 46.7 Å². The number of hydrogen-bond donors (Lipinski definition) is 3. The Bertz CT molecular complexity index is 1230. The molecule has 2 aliphatic heterocycles. The number of nitrogens with one attached hydrogen (secondary N) is 1. The first-order valence-electron chi connectivity index (χ1n) is 10.5. The van der Waals surface area contributed by atoms with Crippen LogP contribution in [0.1, 0.15) is 28.8 Å². The number of aliphatic carboxylic acids is 1. The van der Waals surface area contributed by atoms with Crippen LogP contribution in [0.3, 0.4) is 0 Å². The standard InChI is InChI=1S/C21H19N3O5.C2HF3O2/c1-12-10-13(21(28)29)2-7-17(12)24-19(26)11-16(20(24)27)22-14-3-5-15(6-4-14)23-9-8-18(23)25;3-2(4,5)1(6)7/h2-7,10,16,22H,8-9,11H2,1H3,(H,28,29);(H,6,7). The van der Waals surface area contributed by atoms with E-state index in [0.29, 0.717) is 29.9 Å². The average molecular weight is 507 g/mol. The number of β-lactam (4-membered cyclic amide) rings is 1. The molecule has 1 atom stereocenters. The van der Waals surface area contributed by atoms with Crippen LogP contribution in [0, 0.1) is 6.92 Å². The Kier molecular flexibility index (Phi) is 7.32. The van der Waals surface area contributed by atoms with Crippen LogP contribution in [-0.2, 0) is 19.2 Å². The fourth-order valence-electron chi connectivity index (χ4n) is 3.56. The first-order valence-corrected chi connectivity index (χ1v) is 10.5. The Hall–Kier alpha value is -4.42. The number of aromatic carboxylic acids is 1. The van der Waals surface area contributed by atoms with Crippen molar-refractivity contribution in [2.24, 2.45) is 0 Å². The van der Waals surface area contributed by atoms with Crippen LogP contribution in [-0.4, -0.2) is 58.6 Å². The van der Waals surface area contributed by atoms with E-state index in [1.807, 2.05) is 0 Å². The summed E-state index contributed by atoms with van der Waals surface area (Å²) in [6.07, 6.45) is -4.52. The second-order valence-corrected chi connectivity index (χ2v) is 7.92. The fraction of sp³-hybridized carbons (Fsp3) is 0.261. The number of anilines is 3. The Balaban J connectivity index is 0.000000454. The first kappa shape index (κ1) is 26.2. The molecular formula is C23H20F3N3O7. The van der Waals surface area contributed by atoms with Gasteiger partial charge < -0.3 is 20.4 Å². The summed E-state index contributed by atoms with van der Waals surface area (Å²) in [5.74, 6) is -4.47. The van der Waals surface area contributed by atoms with E-state index in [1.165, 1.54) is 18.2 Å². The lowest BCUT2D eigenvalue weighted by atomic mass is 10.1. The summed E-state index contributed by atoms with van der Waals surface area (Å²) in [7, 11) is 0. The van der Waals surface area contributed by atoms with Crippen molar-refractivity contribution in [3.63, 3.8) is 0 Å². The van der Waals surface area contributed by atoms with Gasteiger partial charge in [-0.2, -0.15) is 13.2 Å². The van der Waals surface area contributed by atoms with Crippen molar-refractivity contribution in [1.82, 2.24) is 0 Å². The lowest BCUT2D eigenvalue weighted by molar-refractivity contribution is -0.192. The van der Waals surface area contributed by atoms with Crippen molar-refractivity contribution in [3.8, 4) is 0 Å². The molecule has 10 nitrogen and oxygen atoms in total. The van der Waals surface area contributed by atoms with Gasteiger partial charge in [0.25, 0.3) is 5.91 Å². The van der Waals surface area contributed by atoms with Crippen LogP contribution < -0.4 is 15.1 Å². The zero-order valence-electron chi connectivity index (χ0n) is 18.7. The number of benzene rings is 2. The molecule has 2 aromatic rings. The maximum absolute atomic E-state index is 12.8. The molecule has 3 N–H and O–H groups in total. The number of rotatable bonds is 5. The Morgan fingerprint density at radius 3 is 2.06 bits per heavy atom. The molecule has 2 fully saturated rings. The van der Waals surface area contributed by atoms with Crippen molar-refractivity contribution in [2.75, 3.05) is 21.7 Å². The molecule has 2 saturated heterocycles. The van der Waals surface area contributed by atoms with E-state index in [0.717, 1.165) is 10.6 Å². The van der Waals surface area contributed by atoms with Gasteiger partial charge in [-0.1, -0.05) is 0 Å². The predicted molar refractivity (Wildman–Crippen MR) is 120 cm³/mol. The highest BCUT2D eigenvalue weighted by Gasteiger charge is 2.40. The number of carboxylic acid groups (broad SMARTS) is 2. The molecule has 190 valence electrons. The summed E-state index contributed by atoms with van der Waals surface area (Å²) in [5.41, 5.74) is 2.50. The summed E-state index contributed by atoms with van der Waals surface area (Å²) in [6, 6.07) is 10.7. The van der Waals surface area contributed by atoms with Gasteiger partial charge in [-0.25, -0.2) is 14.5 Å². The third-order valence-corrected chi connectivity index (χ3v) is 5.44. The maximum Gasteiger partial charge on any atom is 0.490 e. The quantitative estimate of drug-likeness (QED) is 0.414. The lowest BCUT2D eigenvalue weighted by Gasteiger charge is -2.30. The number of carboxylic acids is 2. The molecule has 4 rings (SSSR count). The molecule has 0 radical (unpaired) electrons. The highest BCUT2D eigenvalue weighted by Crippen LogP contribution is 2.29. The van der Waals surface area contributed by atoms with Crippen molar-refractivity contribution in [1.29, 1.82) is 0 Å². The third-order valence-electron chi connectivity index (χ3n) is 5.44. The Morgan fingerprint density at radius 2 is 1.61 bits per heavy atom. The van der Waals surface area contributed by atoms with Crippen LogP contribution in [0.4, 0.5) is 30.2 Å². The van der Waals surface area contributed by atoms with Gasteiger partial charge in [-0.3, -0.25) is 14.4 Å². The smallest absolute Gasteiger partial charge is 0.478 e. The van der Waals surface area contributed by atoms with Crippen molar-refractivity contribution in [3.05, 3.63) is 53.6 Å². The number of hydrogen-bond acceptors (Lipinski definition) is 6. The summed E-state index contributed by atoms with van der Waals surface area (Å²) < 4.78 is 31.7. The second-order valence-electron chi connectivity index (χ2n) is 7.92. The Labute approximate surface area is 201 Å². The predicted octanol–water partition coefficient (Wildman–Crippen LogP) is 2.81. The molecule has 1 unspecified atom stereocenters. The zero-order chi connectivity index (χ0) is 26.8. The highest BCUT2D eigenvalue weighted by molar-refractivity contribution is 6.23. The molecule has 0 bridgehead atoms. The van der Waals surface area contributed by atoms with Gasteiger partial charge in [-0.05, 0) is 55.0 Å². The van der Waals surface area contributed by atoms with E-state index >= 15 is 0 Å². The maximum atomic E-state index is 12.8. The van der Waals surface area contributed by atoms with E-state index < -0.39 is 24.2 Å². The first-order chi connectivity index (χ1) is 16.8. The van der Waals surface area contributed by atoms with Gasteiger partial charge in [0.15, 0.2) is 0 Å². The van der Waals surface area contributed by atoms with Gasteiger partial charge in [0.1, 0.15) is 6.04 Å². The van der Waals surface area contributed by atoms with Crippen LogP contribution in [0.15, 0.2) is 42.5 Å².